The molecular weight excluding hydrogens is 849 g/mol. The molecule has 0 atom stereocenters. The maximum Gasteiger partial charge on any atom is 0.160 e. The average molecular weight is 891 g/mol. The Labute approximate surface area is 404 Å². The van der Waals surface area contributed by atoms with Crippen molar-refractivity contribution in [3.63, 3.8) is 0 Å². The van der Waals surface area contributed by atoms with Crippen LogP contribution in [0.25, 0.3) is 133 Å². The van der Waals surface area contributed by atoms with Crippen LogP contribution < -0.4 is 0 Å². The fourth-order valence-corrected chi connectivity index (χ4v) is 10.9. The Morgan fingerprint density at radius 2 is 0.914 bits per heavy atom. The standard InChI is InChI=1S/C66H42N4/c1-4-16-43(17-5-1)45-30-32-47(33-31-45)66-67-59-38-36-52(42-58(59)64(68-66)50-22-14-21-48(40-50)44-18-6-2-7-19-44)69-61-39-35-46-20-10-11-25-53(46)63(61)57-37-34-49(41-62(57)69)54-27-15-28-56-55-26-12-13-29-60(55)70(65(54)56)51-23-8-3-9-24-51/h1-42H. The molecule has 0 saturated carbocycles. The molecule has 3 heterocycles. The van der Waals surface area contributed by atoms with Gasteiger partial charge in [-0.2, -0.15) is 0 Å². The molecule has 14 aromatic rings. The van der Waals surface area contributed by atoms with Crippen molar-refractivity contribution in [3.8, 4) is 67.4 Å². The van der Waals surface area contributed by atoms with Gasteiger partial charge in [-0.3, -0.25) is 0 Å². The molecule has 0 spiro atoms. The van der Waals surface area contributed by atoms with E-state index in [9.17, 15) is 0 Å². The summed E-state index contributed by atoms with van der Waals surface area (Å²) in [7, 11) is 0. The number of aromatic nitrogens is 4. The molecular formula is C66H42N4. The van der Waals surface area contributed by atoms with Gasteiger partial charge in [0.05, 0.1) is 33.3 Å². The summed E-state index contributed by atoms with van der Waals surface area (Å²) in [6, 6.07) is 91.7. The lowest BCUT2D eigenvalue weighted by Gasteiger charge is -2.15. The van der Waals surface area contributed by atoms with E-state index < -0.39 is 0 Å². The Morgan fingerprint density at radius 1 is 0.286 bits per heavy atom. The number of rotatable bonds is 7. The van der Waals surface area contributed by atoms with Crippen LogP contribution in [0.3, 0.4) is 0 Å². The van der Waals surface area contributed by atoms with E-state index in [1.807, 2.05) is 0 Å². The minimum Gasteiger partial charge on any atom is -0.309 e. The number of hydrogen-bond acceptors (Lipinski definition) is 2. The van der Waals surface area contributed by atoms with E-state index in [1.54, 1.807) is 0 Å². The van der Waals surface area contributed by atoms with Crippen molar-refractivity contribution in [1.82, 2.24) is 19.1 Å². The number of fused-ring (bicyclic) bond motifs is 9. The molecule has 14 rings (SSSR count). The Balaban J connectivity index is 1.01. The van der Waals surface area contributed by atoms with Crippen LogP contribution >= 0.6 is 0 Å². The van der Waals surface area contributed by atoms with Gasteiger partial charge in [0.2, 0.25) is 0 Å². The first kappa shape index (κ1) is 39.8. The molecule has 0 unspecified atom stereocenters. The maximum atomic E-state index is 5.48. The average Bonchev–Trinajstić information content (AvgIpc) is 3.96. The second-order valence-corrected chi connectivity index (χ2v) is 18.1. The van der Waals surface area contributed by atoms with Crippen LogP contribution in [-0.4, -0.2) is 19.1 Å². The molecule has 0 aliphatic rings. The third kappa shape index (κ3) is 6.46. The molecule has 0 aliphatic carbocycles. The first-order chi connectivity index (χ1) is 34.7. The SMILES string of the molecule is c1ccc(-c2ccc(-c3nc(-c4cccc(-c5ccccc5)c4)c4cc(-n5c6cc(-c7cccc8c9ccccc9n(-c9ccccc9)c78)ccc6c6c7ccccc7ccc65)ccc4n3)cc2)cc1. The summed E-state index contributed by atoms with van der Waals surface area (Å²) in [5.41, 5.74) is 17.6. The Bertz CT molecular complexity index is 4320. The van der Waals surface area contributed by atoms with Crippen molar-refractivity contribution >= 4 is 65.3 Å². The van der Waals surface area contributed by atoms with Gasteiger partial charge in [0, 0.05) is 55.0 Å². The van der Waals surface area contributed by atoms with E-state index >= 15 is 0 Å². The third-order valence-corrected chi connectivity index (χ3v) is 14.1. The van der Waals surface area contributed by atoms with E-state index in [-0.39, 0.29) is 0 Å². The van der Waals surface area contributed by atoms with Gasteiger partial charge in [-0.1, -0.05) is 200 Å². The van der Waals surface area contributed by atoms with Gasteiger partial charge in [0.15, 0.2) is 5.82 Å². The van der Waals surface area contributed by atoms with Gasteiger partial charge in [0.1, 0.15) is 0 Å². The van der Waals surface area contributed by atoms with Crippen LogP contribution in [0, 0.1) is 0 Å². The molecule has 4 heteroatoms. The molecule has 0 bridgehead atoms. The highest BCUT2D eigenvalue weighted by molar-refractivity contribution is 6.22. The fourth-order valence-electron chi connectivity index (χ4n) is 10.9. The minimum absolute atomic E-state index is 0.690. The first-order valence-corrected chi connectivity index (χ1v) is 23.9. The van der Waals surface area contributed by atoms with Gasteiger partial charge < -0.3 is 9.13 Å². The number of hydrogen-bond donors (Lipinski definition) is 0. The van der Waals surface area contributed by atoms with Crippen LogP contribution in [0.5, 0.6) is 0 Å². The van der Waals surface area contributed by atoms with Gasteiger partial charge in [-0.25, -0.2) is 9.97 Å². The monoisotopic (exact) mass is 890 g/mol. The number of benzene rings is 11. The zero-order valence-corrected chi connectivity index (χ0v) is 38.0. The summed E-state index contributed by atoms with van der Waals surface area (Å²) < 4.78 is 4.88. The lowest BCUT2D eigenvalue weighted by molar-refractivity contribution is 1.17. The molecule has 4 nitrogen and oxygen atoms in total. The largest absolute Gasteiger partial charge is 0.309 e. The lowest BCUT2D eigenvalue weighted by atomic mass is 9.99. The Morgan fingerprint density at radius 3 is 1.73 bits per heavy atom. The molecule has 0 fully saturated rings. The highest BCUT2D eigenvalue weighted by atomic mass is 15.0. The highest BCUT2D eigenvalue weighted by Crippen LogP contribution is 2.43. The molecule has 326 valence electrons. The first-order valence-electron chi connectivity index (χ1n) is 23.9. The van der Waals surface area contributed by atoms with E-state index in [4.69, 9.17) is 9.97 Å². The smallest absolute Gasteiger partial charge is 0.160 e. The molecule has 11 aromatic carbocycles. The zero-order chi connectivity index (χ0) is 46.1. The summed E-state index contributed by atoms with van der Waals surface area (Å²) >= 11 is 0. The van der Waals surface area contributed by atoms with E-state index in [1.165, 1.54) is 54.5 Å². The minimum atomic E-state index is 0.690. The van der Waals surface area contributed by atoms with Crippen molar-refractivity contribution in [2.24, 2.45) is 0 Å². The van der Waals surface area contributed by atoms with Crippen LogP contribution in [0.15, 0.2) is 255 Å². The molecule has 0 saturated heterocycles. The molecule has 0 N–H and O–H groups in total. The highest BCUT2D eigenvalue weighted by Gasteiger charge is 2.21. The van der Waals surface area contributed by atoms with Gasteiger partial charge in [-0.05, 0) is 93.2 Å². The van der Waals surface area contributed by atoms with Crippen LogP contribution in [0.1, 0.15) is 0 Å². The van der Waals surface area contributed by atoms with E-state index in [2.05, 4.69) is 264 Å². The molecule has 0 amide bonds. The predicted molar refractivity (Wildman–Crippen MR) is 293 cm³/mol. The second-order valence-electron chi connectivity index (χ2n) is 18.1. The van der Waals surface area contributed by atoms with Gasteiger partial charge in [-0.15, -0.1) is 0 Å². The van der Waals surface area contributed by atoms with E-state index in [0.29, 0.717) is 5.82 Å². The van der Waals surface area contributed by atoms with Gasteiger partial charge >= 0.3 is 0 Å². The third-order valence-electron chi connectivity index (χ3n) is 14.1. The lowest BCUT2D eigenvalue weighted by Crippen LogP contribution is -1.99. The topological polar surface area (TPSA) is 35.6 Å². The van der Waals surface area contributed by atoms with Crippen molar-refractivity contribution in [3.05, 3.63) is 255 Å². The fraction of sp³-hybridized carbons (Fsp3) is 0. The van der Waals surface area contributed by atoms with Crippen molar-refractivity contribution in [2.45, 2.75) is 0 Å². The number of nitrogens with zero attached hydrogens (tertiary/aromatic N) is 4. The molecule has 0 radical (unpaired) electrons. The predicted octanol–water partition coefficient (Wildman–Crippen LogP) is 17.3. The summed E-state index contributed by atoms with van der Waals surface area (Å²) in [5.74, 6) is 0.690. The van der Waals surface area contributed by atoms with Crippen molar-refractivity contribution in [2.75, 3.05) is 0 Å². The summed E-state index contributed by atoms with van der Waals surface area (Å²) in [6.07, 6.45) is 0. The van der Waals surface area contributed by atoms with Crippen molar-refractivity contribution < 1.29 is 0 Å². The summed E-state index contributed by atoms with van der Waals surface area (Å²) in [6.45, 7) is 0. The van der Waals surface area contributed by atoms with Crippen LogP contribution in [0.4, 0.5) is 0 Å². The van der Waals surface area contributed by atoms with Gasteiger partial charge in [0.25, 0.3) is 0 Å². The summed E-state index contributed by atoms with van der Waals surface area (Å²) in [4.78, 5) is 10.8. The Hall–Kier alpha value is -9.38. The summed E-state index contributed by atoms with van der Waals surface area (Å²) in [5, 5.41) is 8.33. The Kier molecular flexibility index (Phi) is 9.17. The number of para-hydroxylation sites is 3. The van der Waals surface area contributed by atoms with Crippen molar-refractivity contribution in [1.29, 1.82) is 0 Å². The maximum absolute atomic E-state index is 5.48. The second kappa shape index (κ2) is 16.2. The van der Waals surface area contributed by atoms with E-state index in [0.717, 1.165) is 72.4 Å². The normalized spacial score (nSPS) is 11.7. The quantitative estimate of drug-likeness (QED) is 0.160. The zero-order valence-electron chi connectivity index (χ0n) is 38.0. The molecule has 70 heavy (non-hydrogen) atoms. The molecule has 3 aromatic heterocycles. The molecule has 0 aliphatic heterocycles. The van der Waals surface area contributed by atoms with Crippen LogP contribution in [-0.2, 0) is 0 Å². The van der Waals surface area contributed by atoms with Crippen LogP contribution in [0.2, 0.25) is 0 Å².